The second-order valence-corrected chi connectivity index (χ2v) is 8.66. The Morgan fingerprint density at radius 1 is 0.815 bits per heavy atom. The van der Waals surface area contributed by atoms with Gasteiger partial charge >= 0.3 is 7.82 Å². The van der Waals surface area contributed by atoms with Gasteiger partial charge < -0.3 is 9.79 Å². The van der Waals surface area contributed by atoms with E-state index in [-0.39, 0.29) is 0 Å². The van der Waals surface area contributed by atoms with Crippen molar-refractivity contribution in [2.45, 2.75) is 103 Å². The summed E-state index contributed by atoms with van der Waals surface area (Å²) in [4.78, 5) is 18.3. The van der Waals surface area contributed by atoms with Crippen LogP contribution in [0.15, 0.2) is 30.6 Å². The Balaban J connectivity index is 2.10. The standard InChI is InChI=1S/C21H38NO4P/c1-2-3-4-5-6-7-8-9-10-11-12-14-17-21(26-27(23,24)25)20-22-18-15-13-16-19-22/h13,15-16,18-19,21H,2-12,14,17,20H2,1H3,(H-,23,24,25)/p+1. The Morgan fingerprint density at radius 2 is 1.30 bits per heavy atom. The molecular weight excluding hydrogens is 361 g/mol. The highest BCUT2D eigenvalue weighted by Gasteiger charge is 2.24. The number of rotatable bonds is 17. The minimum absolute atomic E-state index is 0.457. The molecule has 0 aliphatic carbocycles. The molecule has 5 nitrogen and oxygen atoms in total. The first-order valence-corrected chi connectivity index (χ1v) is 12.2. The van der Waals surface area contributed by atoms with Gasteiger partial charge in [0.2, 0.25) is 0 Å². The van der Waals surface area contributed by atoms with E-state index < -0.39 is 13.9 Å². The van der Waals surface area contributed by atoms with Gasteiger partial charge in [0.05, 0.1) is 0 Å². The van der Waals surface area contributed by atoms with E-state index in [0.717, 1.165) is 12.8 Å². The summed E-state index contributed by atoms with van der Waals surface area (Å²) < 4.78 is 18.1. The molecule has 0 radical (unpaired) electrons. The highest BCUT2D eigenvalue weighted by atomic mass is 31.2. The minimum Gasteiger partial charge on any atom is -0.303 e. The van der Waals surface area contributed by atoms with Crippen molar-refractivity contribution in [2.75, 3.05) is 0 Å². The summed E-state index contributed by atoms with van der Waals surface area (Å²) in [5.74, 6) is 0. The number of phosphoric ester groups is 1. The molecule has 0 aliphatic heterocycles. The molecule has 1 heterocycles. The maximum absolute atomic E-state index is 11.2. The van der Waals surface area contributed by atoms with Crippen molar-refractivity contribution in [3.05, 3.63) is 30.6 Å². The second kappa shape index (κ2) is 15.2. The van der Waals surface area contributed by atoms with E-state index in [0.29, 0.717) is 13.0 Å². The molecule has 27 heavy (non-hydrogen) atoms. The van der Waals surface area contributed by atoms with Crippen molar-refractivity contribution in [1.82, 2.24) is 0 Å². The van der Waals surface area contributed by atoms with Gasteiger partial charge in [-0.05, 0) is 6.42 Å². The molecule has 156 valence electrons. The van der Waals surface area contributed by atoms with Gasteiger partial charge in [-0.3, -0.25) is 4.52 Å². The Bertz CT molecular complexity index is 506. The van der Waals surface area contributed by atoms with E-state index in [2.05, 4.69) is 6.92 Å². The summed E-state index contributed by atoms with van der Waals surface area (Å²) in [6, 6.07) is 5.72. The highest BCUT2D eigenvalue weighted by molar-refractivity contribution is 7.46. The fourth-order valence-corrected chi connectivity index (χ4v) is 3.94. The number of pyridine rings is 1. The zero-order valence-corrected chi connectivity index (χ0v) is 17.9. The number of hydrogen-bond donors (Lipinski definition) is 2. The zero-order chi connectivity index (χ0) is 19.8. The molecule has 0 aliphatic rings. The van der Waals surface area contributed by atoms with E-state index in [9.17, 15) is 4.57 Å². The van der Waals surface area contributed by atoms with E-state index in [1.54, 1.807) is 0 Å². The first-order chi connectivity index (χ1) is 13.0. The van der Waals surface area contributed by atoms with Gasteiger partial charge in [0.25, 0.3) is 0 Å². The number of hydrogen-bond acceptors (Lipinski definition) is 2. The molecule has 1 aromatic heterocycles. The third kappa shape index (κ3) is 14.9. The van der Waals surface area contributed by atoms with Crippen LogP contribution in [0.5, 0.6) is 0 Å². The summed E-state index contributed by atoms with van der Waals surface area (Å²) in [6.07, 6.45) is 19.3. The van der Waals surface area contributed by atoms with Gasteiger partial charge in [-0.15, -0.1) is 0 Å². The summed E-state index contributed by atoms with van der Waals surface area (Å²) in [5, 5.41) is 0. The molecular formula is C21H39NO4P+. The van der Waals surface area contributed by atoms with Crippen LogP contribution in [0.25, 0.3) is 0 Å². The first-order valence-electron chi connectivity index (χ1n) is 10.7. The smallest absolute Gasteiger partial charge is 0.303 e. The summed E-state index contributed by atoms with van der Waals surface area (Å²) in [5.41, 5.74) is 0. The lowest BCUT2D eigenvalue weighted by Gasteiger charge is -2.15. The molecule has 0 spiro atoms. The number of unbranched alkanes of at least 4 members (excludes halogenated alkanes) is 11. The molecule has 0 saturated carbocycles. The Morgan fingerprint density at radius 3 is 1.78 bits per heavy atom. The van der Waals surface area contributed by atoms with Crippen molar-refractivity contribution >= 4 is 7.82 Å². The largest absolute Gasteiger partial charge is 0.470 e. The number of nitrogens with zero attached hydrogens (tertiary/aromatic N) is 1. The van der Waals surface area contributed by atoms with Crippen LogP contribution >= 0.6 is 7.82 Å². The molecule has 1 atom stereocenters. The molecule has 0 aromatic carbocycles. The van der Waals surface area contributed by atoms with Crippen molar-refractivity contribution < 1.29 is 23.4 Å². The van der Waals surface area contributed by atoms with Crippen LogP contribution in [0.1, 0.15) is 90.4 Å². The second-order valence-electron chi connectivity index (χ2n) is 7.47. The van der Waals surface area contributed by atoms with Crippen molar-refractivity contribution in [1.29, 1.82) is 0 Å². The number of phosphoric acid groups is 1. The molecule has 0 fully saturated rings. The molecule has 1 aromatic rings. The van der Waals surface area contributed by atoms with Crippen LogP contribution < -0.4 is 4.57 Å². The van der Waals surface area contributed by atoms with Crippen LogP contribution in [0.2, 0.25) is 0 Å². The van der Waals surface area contributed by atoms with Gasteiger partial charge in [-0.25, -0.2) is 9.13 Å². The molecule has 1 rings (SSSR count). The van der Waals surface area contributed by atoms with Gasteiger partial charge in [0.1, 0.15) is 6.10 Å². The monoisotopic (exact) mass is 400 g/mol. The average molecular weight is 401 g/mol. The van der Waals surface area contributed by atoms with Crippen LogP contribution in [0.3, 0.4) is 0 Å². The summed E-state index contributed by atoms with van der Waals surface area (Å²) in [6.45, 7) is 2.71. The predicted molar refractivity (Wildman–Crippen MR) is 109 cm³/mol. The lowest BCUT2D eigenvalue weighted by molar-refractivity contribution is -0.703. The quantitative estimate of drug-likeness (QED) is 0.204. The number of aromatic nitrogens is 1. The van der Waals surface area contributed by atoms with E-state index in [4.69, 9.17) is 14.3 Å². The Hall–Kier alpha value is -0.740. The van der Waals surface area contributed by atoms with E-state index in [1.165, 1.54) is 64.2 Å². The first kappa shape index (κ1) is 24.3. The maximum Gasteiger partial charge on any atom is 0.470 e. The van der Waals surface area contributed by atoms with E-state index in [1.807, 2.05) is 35.2 Å². The zero-order valence-electron chi connectivity index (χ0n) is 17.0. The Kier molecular flexibility index (Phi) is 13.7. The topological polar surface area (TPSA) is 70.6 Å². The molecule has 2 N–H and O–H groups in total. The third-order valence-electron chi connectivity index (χ3n) is 4.86. The van der Waals surface area contributed by atoms with Crippen molar-refractivity contribution in [2.24, 2.45) is 0 Å². The van der Waals surface area contributed by atoms with Crippen LogP contribution in [0, 0.1) is 0 Å². The third-order valence-corrected chi connectivity index (χ3v) is 5.43. The lowest BCUT2D eigenvalue weighted by Crippen LogP contribution is -2.39. The van der Waals surface area contributed by atoms with Crippen molar-refractivity contribution in [3.63, 3.8) is 0 Å². The SMILES string of the molecule is CCCCCCCCCCCCCCC(C[n+]1ccccc1)OP(=O)(O)O. The van der Waals surface area contributed by atoms with Gasteiger partial charge in [0.15, 0.2) is 18.9 Å². The lowest BCUT2D eigenvalue weighted by atomic mass is 10.0. The van der Waals surface area contributed by atoms with Crippen LogP contribution in [0.4, 0.5) is 0 Å². The minimum atomic E-state index is -4.46. The highest BCUT2D eigenvalue weighted by Crippen LogP contribution is 2.38. The maximum atomic E-state index is 11.2. The van der Waals surface area contributed by atoms with Crippen molar-refractivity contribution in [3.8, 4) is 0 Å². The summed E-state index contributed by atoms with van der Waals surface area (Å²) in [7, 11) is -4.46. The van der Waals surface area contributed by atoms with Gasteiger partial charge in [0, 0.05) is 12.1 Å². The van der Waals surface area contributed by atoms with E-state index >= 15 is 0 Å². The van der Waals surface area contributed by atoms with Gasteiger partial charge in [-0.1, -0.05) is 90.0 Å². The van der Waals surface area contributed by atoms with Crippen LogP contribution in [-0.4, -0.2) is 15.9 Å². The normalized spacial score (nSPS) is 13.0. The van der Waals surface area contributed by atoms with Gasteiger partial charge in [-0.2, -0.15) is 0 Å². The molecule has 1 unspecified atom stereocenters. The summed E-state index contributed by atoms with van der Waals surface area (Å²) >= 11 is 0. The van der Waals surface area contributed by atoms with Crippen LogP contribution in [-0.2, 0) is 15.6 Å². The predicted octanol–water partition coefficient (Wildman–Crippen LogP) is 5.54. The molecule has 0 amide bonds. The molecule has 0 bridgehead atoms. The molecule has 6 heteroatoms. The Labute approximate surface area is 165 Å². The molecule has 0 saturated heterocycles. The fourth-order valence-electron chi connectivity index (χ4n) is 3.38. The average Bonchev–Trinajstić information content (AvgIpc) is 2.62. The fraction of sp³-hybridized carbons (Fsp3) is 0.762.